The average molecular weight is 297 g/mol. The molecule has 102 valence electrons. The summed E-state index contributed by atoms with van der Waals surface area (Å²) in [4.78, 5) is 5.19. The van der Waals surface area contributed by atoms with Gasteiger partial charge in [0.1, 0.15) is 16.3 Å². The zero-order valence-corrected chi connectivity index (χ0v) is 12.7. The van der Waals surface area contributed by atoms with Crippen molar-refractivity contribution in [1.29, 1.82) is 0 Å². The van der Waals surface area contributed by atoms with E-state index >= 15 is 0 Å². The zero-order valence-electron chi connectivity index (χ0n) is 11.1. The first-order valence-corrected chi connectivity index (χ1v) is 7.27. The molecule has 0 aromatic heterocycles. The lowest BCUT2D eigenvalue weighted by Gasteiger charge is -2.10. The fraction of sp³-hybridized carbons (Fsp3) is 0.385. The lowest BCUT2D eigenvalue weighted by atomic mass is 10.1. The summed E-state index contributed by atoms with van der Waals surface area (Å²) in [7, 11) is 0. The Morgan fingerprint density at radius 2 is 2.16 bits per heavy atom. The second-order valence-corrected chi connectivity index (χ2v) is 6.39. The number of thiocarbonyl (C=S) groups is 1. The first-order chi connectivity index (χ1) is 8.79. The minimum atomic E-state index is -0.359. The number of amidine groups is 1. The van der Waals surface area contributed by atoms with Gasteiger partial charge in [-0.05, 0) is 44.0 Å². The Kier molecular flexibility index (Phi) is 3.82. The van der Waals surface area contributed by atoms with E-state index in [1.165, 1.54) is 17.8 Å². The van der Waals surface area contributed by atoms with Crippen LogP contribution >= 0.6 is 24.0 Å². The maximum atomic E-state index is 13.5. The Hall–Kier alpha value is -1.14. The molecule has 0 saturated heterocycles. The monoisotopic (exact) mass is 297 g/mol. The Bertz CT molecular complexity index is 567. The number of halogens is 1. The van der Waals surface area contributed by atoms with Gasteiger partial charge in [0.25, 0.3) is 0 Å². The summed E-state index contributed by atoms with van der Waals surface area (Å²) in [5, 5.41) is 3.83. The van der Waals surface area contributed by atoms with E-state index in [-0.39, 0.29) is 11.4 Å². The highest BCUT2D eigenvalue weighted by molar-refractivity contribution is 8.13. The van der Waals surface area contributed by atoms with Crippen molar-refractivity contribution >= 4 is 39.8 Å². The third kappa shape index (κ3) is 3.06. The van der Waals surface area contributed by atoms with E-state index in [9.17, 15) is 4.39 Å². The molecule has 0 fully saturated rings. The van der Waals surface area contributed by atoms with Crippen molar-refractivity contribution < 1.29 is 4.39 Å². The highest BCUT2D eigenvalue weighted by atomic mass is 32.2. The summed E-state index contributed by atoms with van der Waals surface area (Å²) < 4.78 is 13.5. The largest absolute Gasteiger partial charge is 0.398 e. The summed E-state index contributed by atoms with van der Waals surface area (Å²) in [6.45, 7) is 5.61. The normalized spacial score (nSPS) is 17.3. The van der Waals surface area contributed by atoms with Crippen LogP contribution in [0.15, 0.2) is 17.1 Å². The summed E-state index contributed by atoms with van der Waals surface area (Å²) in [6.07, 6.45) is 0. The van der Waals surface area contributed by atoms with Crippen LogP contribution in [0.25, 0.3) is 0 Å². The van der Waals surface area contributed by atoms with Crippen LogP contribution in [0.1, 0.15) is 25.0 Å². The van der Waals surface area contributed by atoms with Crippen LogP contribution in [0.5, 0.6) is 0 Å². The number of nitrogen functional groups attached to an aromatic ring is 1. The Morgan fingerprint density at radius 1 is 1.47 bits per heavy atom. The number of aryl methyl sites for hydroxylation is 1. The molecule has 0 aliphatic carbocycles. The van der Waals surface area contributed by atoms with E-state index < -0.39 is 0 Å². The van der Waals surface area contributed by atoms with E-state index in [0.29, 0.717) is 22.0 Å². The predicted octanol–water partition coefficient (Wildman–Crippen LogP) is 3.01. The van der Waals surface area contributed by atoms with Gasteiger partial charge in [-0.15, -0.1) is 0 Å². The van der Waals surface area contributed by atoms with Gasteiger partial charge in [0, 0.05) is 11.4 Å². The molecule has 0 spiro atoms. The number of nitrogens with one attached hydrogen (secondary N) is 1. The summed E-state index contributed by atoms with van der Waals surface area (Å²) >= 11 is 6.68. The average Bonchev–Trinajstić information content (AvgIpc) is 2.56. The number of hydrogen-bond donors (Lipinski definition) is 2. The summed E-state index contributed by atoms with van der Waals surface area (Å²) in [5.41, 5.74) is 7.47. The molecule has 6 heteroatoms. The first-order valence-electron chi connectivity index (χ1n) is 5.88. The molecule has 1 aliphatic heterocycles. The molecule has 0 saturated carbocycles. The number of thioether (sulfide) groups is 1. The first kappa shape index (κ1) is 14.3. The summed E-state index contributed by atoms with van der Waals surface area (Å²) in [5.74, 6) is 0.329. The van der Waals surface area contributed by atoms with E-state index in [2.05, 4.69) is 10.3 Å². The molecular formula is C13H16FN3S2. The molecule has 1 aromatic rings. The standard InChI is InChI=1S/C13H16FN3S2/c1-7-4-10(15)8(5-9(7)14)6-19-12-16-11(18)13(2,3)17-12/h4-5H,6,15H2,1-3H3,(H,16,17,18). The van der Waals surface area contributed by atoms with Crippen molar-refractivity contribution in [3.05, 3.63) is 29.1 Å². The van der Waals surface area contributed by atoms with Crippen molar-refractivity contribution in [1.82, 2.24) is 5.32 Å². The van der Waals surface area contributed by atoms with Gasteiger partial charge in [-0.1, -0.05) is 24.0 Å². The maximum absolute atomic E-state index is 13.5. The minimum absolute atomic E-state index is 0.234. The van der Waals surface area contributed by atoms with Gasteiger partial charge in [-0.25, -0.2) is 9.38 Å². The molecule has 2 rings (SSSR count). The van der Waals surface area contributed by atoms with Crippen molar-refractivity contribution in [2.75, 3.05) is 5.73 Å². The smallest absolute Gasteiger partial charge is 0.162 e. The molecule has 0 bridgehead atoms. The Morgan fingerprint density at radius 3 is 2.74 bits per heavy atom. The van der Waals surface area contributed by atoms with E-state index in [0.717, 1.165) is 10.7 Å². The highest BCUT2D eigenvalue weighted by Gasteiger charge is 2.30. The van der Waals surface area contributed by atoms with Crippen LogP contribution in [0.2, 0.25) is 0 Å². The molecule has 0 atom stereocenters. The van der Waals surface area contributed by atoms with Crippen molar-refractivity contribution in [2.24, 2.45) is 4.99 Å². The highest BCUT2D eigenvalue weighted by Crippen LogP contribution is 2.26. The van der Waals surface area contributed by atoms with E-state index in [1.54, 1.807) is 13.0 Å². The second-order valence-electron chi connectivity index (χ2n) is 5.02. The van der Waals surface area contributed by atoms with Gasteiger partial charge >= 0.3 is 0 Å². The van der Waals surface area contributed by atoms with E-state index in [1.807, 2.05) is 13.8 Å². The third-order valence-corrected chi connectivity index (χ3v) is 4.47. The second kappa shape index (κ2) is 5.09. The lowest BCUT2D eigenvalue weighted by molar-refractivity contribution is 0.617. The number of aliphatic imine (C=N–C) groups is 1. The number of nitrogens with zero attached hydrogens (tertiary/aromatic N) is 1. The molecular weight excluding hydrogens is 281 g/mol. The maximum Gasteiger partial charge on any atom is 0.162 e. The number of rotatable bonds is 2. The van der Waals surface area contributed by atoms with Gasteiger partial charge in [-0.3, -0.25) is 0 Å². The van der Waals surface area contributed by atoms with Crippen molar-refractivity contribution in [3.63, 3.8) is 0 Å². The molecule has 1 heterocycles. The number of nitrogens with two attached hydrogens (primary N) is 1. The molecule has 0 amide bonds. The summed E-state index contributed by atoms with van der Waals surface area (Å²) in [6, 6.07) is 3.14. The van der Waals surface area contributed by atoms with Crippen LogP contribution in [0, 0.1) is 12.7 Å². The van der Waals surface area contributed by atoms with Crippen LogP contribution in [-0.2, 0) is 5.75 Å². The fourth-order valence-electron chi connectivity index (χ4n) is 1.67. The van der Waals surface area contributed by atoms with E-state index in [4.69, 9.17) is 18.0 Å². The van der Waals surface area contributed by atoms with Gasteiger partial charge in [0.2, 0.25) is 0 Å². The minimum Gasteiger partial charge on any atom is -0.398 e. The quantitative estimate of drug-likeness (QED) is 0.651. The number of benzene rings is 1. The van der Waals surface area contributed by atoms with Crippen LogP contribution in [0.4, 0.5) is 10.1 Å². The van der Waals surface area contributed by atoms with Crippen LogP contribution in [-0.4, -0.2) is 15.7 Å². The van der Waals surface area contributed by atoms with Crippen molar-refractivity contribution in [2.45, 2.75) is 32.1 Å². The molecule has 3 nitrogen and oxygen atoms in total. The fourth-order valence-corrected chi connectivity index (χ4v) is 2.88. The van der Waals surface area contributed by atoms with Gasteiger partial charge < -0.3 is 11.1 Å². The molecule has 1 aromatic carbocycles. The third-order valence-electron chi connectivity index (χ3n) is 2.94. The molecule has 0 unspecified atom stereocenters. The predicted molar refractivity (Wildman–Crippen MR) is 84.1 cm³/mol. The zero-order chi connectivity index (χ0) is 14.2. The molecule has 3 N–H and O–H groups in total. The van der Waals surface area contributed by atoms with Crippen LogP contribution < -0.4 is 11.1 Å². The SMILES string of the molecule is Cc1cc(N)c(CSC2=NC(C)(C)C(=S)N2)cc1F. The molecule has 1 aliphatic rings. The number of anilines is 1. The Balaban J connectivity index is 2.09. The van der Waals surface area contributed by atoms with Gasteiger partial charge in [0.15, 0.2) is 5.17 Å². The molecule has 19 heavy (non-hydrogen) atoms. The molecule has 0 radical (unpaired) electrons. The van der Waals surface area contributed by atoms with Crippen molar-refractivity contribution in [3.8, 4) is 0 Å². The van der Waals surface area contributed by atoms with Crippen LogP contribution in [0.3, 0.4) is 0 Å². The number of hydrogen-bond acceptors (Lipinski definition) is 4. The van der Waals surface area contributed by atoms with Gasteiger partial charge in [0.05, 0.1) is 0 Å². The topological polar surface area (TPSA) is 50.4 Å². The van der Waals surface area contributed by atoms with Gasteiger partial charge in [-0.2, -0.15) is 0 Å². The lowest BCUT2D eigenvalue weighted by Crippen LogP contribution is -2.32. The Labute approximate surface area is 121 Å².